The van der Waals surface area contributed by atoms with E-state index in [1.54, 1.807) is 12.4 Å². The summed E-state index contributed by atoms with van der Waals surface area (Å²) in [4.78, 5) is 0. The molecule has 1 aliphatic carbocycles. The van der Waals surface area contributed by atoms with Gasteiger partial charge in [0.1, 0.15) is 0 Å². The second-order valence-corrected chi connectivity index (χ2v) is 4.54. The quantitative estimate of drug-likeness (QED) is 0.873. The van der Waals surface area contributed by atoms with E-state index in [0.717, 1.165) is 12.0 Å². The van der Waals surface area contributed by atoms with Crippen LogP contribution in [-0.2, 0) is 0 Å². The molecular weight excluding hydrogens is 212 g/mol. The molecule has 1 aliphatic rings. The van der Waals surface area contributed by atoms with Crippen molar-refractivity contribution in [3.8, 4) is 0 Å². The highest BCUT2D eigenvalue weighted by molar-refractivity contribution is 5.28. The van der Waals surface area contributed by atoms with Gasteiger partial charge in [-0.25, -0.2) is 0 Å². The molecule has 0 bridgehead atoms. The van der Waals surface area contributed by atoms with Crippen LogP contribution in [0.5, 0.6) is 0 Å². The van der Waals surface area contributed by atoms with Crippen molar-refractivity contribution in [1.82, 2.24) is 10.2 Å². The third-order valence-corrected chi connectivity index (χ3v) is 3.42. The molecule has 3 heteroatoms. The molecule has 3 atom stereocenters. The average Bonchev–Trinajstić information content (AvgIpc) is 3.20. The highest BCUT2D eigenvalue weighted by Crippen LogP contribution is 2.53. The van der Waals surface area contributed by atoms with Gasteiger partial charge in [-0.3, -0.25) is 0 Å². The van der Waals surface area contributed by atoms with Crippen molar-refractivity contribution < 1.29 is 5.11 Å². The molecule has 2 aromatic rings. The molecule has 1 aromatic carbocycles. The van der Waals surface area contributed by atoms with Crippen molar-refractivity contribution in [1.29, 1.82) is 0 Å². The average molecular weight is 226 g/mol. The highest BCUT2D eigenvalue weighted by atomic mass is 16.3. The van der Waals surface area contributed by atoms with Gasteiger partial charge < -0.3 is 5.11 Å². The summed E-state index contributed by atoms with van der Waals surface area (Å²) in [5.74, 6) is 0.806. The molecule has 0 aliphatic heterocycles. The van der Waals surface area contributed by atoms with Crippen molar-refractivity contribution in [3.05, 3.63) is 59.9 Å². The molecule has 1 aromatic heterocycles. The molecular formula is C14H14N2O. The Morgan fingerprint density at radius 1 is 1.12 bits per heavy atom. The maximum absolute atomic E-state index is 10.2. The largest absolute Gasteiger partial charge is 0.388 e. The van der Waals surface area contributed by atoms with Gasteiger partial charge in [0.2, 0.25) is 0 Å². The molecule has 0 spiro atoms. The van der Waals surface area contributed by atoms with E-state index in [1.165, 1.54) is 5.56 Å². The summed E-state index contributed by atoms with van der Waals surface area (Å²) in [6.07, 6.45) is 3.90. The molecule has 86 valence electrons. The van der Waals surface area contributed by atoms with Gasteiger partial charge in [-0.05, 0) is 29.9 Å². The molecule has 3 nitrogen and oxygen atoms in total. The summed E-state index contributed by atoms with van der Waals surface area (Å²) in [7, 11) is 0. The molecule has 1 fully saturated rings. The number of aliphatic hydroxyl groups is 1. The Labute approximate surface area is 100 Å². The SMILES string of the molecule is OC(c1ccnnc1)C1CC1c1ccccc1. The van der Waals surface area contributed by atoms with E-state index in [2.05, 4.69) is 22.3 Å². The van der Waals surface area contributed by atoms with Crippen molar-refractivity contribution in [2.75, 3.05) is 0 Å². The Bertz CT molecular complexity index is 486. The van der Waals surface area contributed by atoms with Gasteiger partial charge in [0.05, 0.1) is 12.3 Å². The van der Waals surface area contributed by atoms with E-state index in [0.29, 0.717) is 11.8 Å². The van der Waals surface area contributed by atoms with Gasteiger partial charge in [-0.15, -0.1) is 0 Å². The van der Waals surface area contributed by atoms with Crippen LogP contribution in [0.4, 0.5) is 0 Å². The summed E-state index contributed by atoms with van der Waals surface area (Å²) in [5, 5.41) is 17.8. The smallest absolute Gasteiger partial charge is 0.0840 e. The molecule has 0 radical (unpaired) electrons. The molecule has 1 heterocycles. The van der Waals surface area contributed by atoms with Gasteiger partial charge in [0.15, 0.2) is 0 Å². The predicted octanol–water partition coefficient (Wildman–Crippen LogP) is 2.31. The predicted molar refractivity (Wildman–Crippen MR) is 64.3 cm³/mol. The van der Waals surface area contributed by atoms with Gasteiger partial charge in [-0.1, -0.05) is 30.3 Å². The lowest BCUT2D eigenvalue weighted by Gasteiger charge is -2.09. The Morgan fingerprint density at radius 2 is 1.94 bits per heavy atom. The fraction of sp³-hybridized carbons (Fsp3) is 0.286. The molecule has 17 heavy (non-hydrogen) atoms. The normalized spacial score (nSPS) is 24.3. The zero-order valence-electron chi connectivity index (χ0n) is 9.40. The summed E-state index contributed by atoms with van der Waals surface area (Å²) < 4.78 is 0. The van der Waals surface area contributed by atoms with Crippen molar-refractivity contribution in [3.63, 3.8) is 0 Å². The first-order valence-electron chi connectivity index (χ1n) is 5.86. The lowest BCUT2D eigenvalue weighted by molar-refractivity contribution is 0.150. The molecule has 1 N–H and O–H groups in total. The van der Waals surface area contributed by atoms with Crippen LogP contribution < -0.4 is 0 Å². The van der Waals surface area contributed by atoms with Crippen molar-refractivity contribution >= 4 is 0 Å². The van der Waals surface area contributed by atoms with Gasteiger partial charge in [0, 0.05) is 11.8 Å². The lowest BCUT2D eigenvalue weighted by Crippen LogP contribution is -2.02. The fourth-order valence-electron chi connectivity index (χ4n) is 2.37. The first-order chi connectivity index (χ1) is 8.36. The number of nitrogens with zero attached hydrogens (tertiary/aromatic N) is 2. The number of hydrogen-bond acceptors (Lipinski definition) is 3. The number of hydrogen-bond donors (Lipinski definition) is 1. The zero-order valence-corrected chi connectivity index (χ0v) is 9.40. The van der Waals surface area contributed by atoms with Gasteiger partial charge in [0.25, 0.3) is 0 Å². The third kappa shape index (κ3) is 2.06. The molecule has 0 amide bonds. The van der Waals surface area contributed by atoms with E-state index >= 15 is 0 Å². The number of rotatable bonds is 3. The second kappa shape index (κ2) is 4.26. The second-order valence-electron chi connectivity index (χ2n) is 4.54. The minimum absolute atomic E-state index is 0.321. The first kappa shape index (κ1) is 10.4. The minimum Gasteiger partial charge on any atom is -0.388 e. The van der Waals surface area contributed by atoms with E-state index in [-0.39, 0.29) is 0 Å². The Morgan fingerprint density at radius 3 is 2.65 bits per heavy atom. The van der Waals surface area contributed by atoms with Crippen molar-refractivity contribution in [2.45, 2.75) is 18.4 Å². The Balaban J connectivity index is 1.73. The monoisotopic (exact) mass is 226 g/mol. The molecule has 3 rings (SSSR count). The fourth-order valence-corrected chi connectivity index (χ4v) is 2.37. The number of benzene rings is 1. The van der Waals surface area contributed by atoms with E-state index in [1.807, 2.05) is 24.3 Å². The first-order valence-corrected chi connectivity index (χ1v) is 5.86. The van der Waals surface area contributed by atoms with Crippen LogP contribution in [0.1, 0.15) is 29.6 Å². The Hall–Kier alpha value is -1.74. The zero-order chi connectivity index (χ0) is 11.7. The van der Waals surface area contributed by atoms with Crippen molar-refractivity contribution in [2.24, 2.45) is 5.92 Å². The standard InChI is InChI=1S/C14H14N2O/c17-14(11-6-7-15-16-9-11)13-8-12(13)10-4-2-1-3-5-10/h1-7,9,12-14,17H,8H2. The van der Waals surface area contributed by atoms with Crippen LogP contribution in [-0.4, -0.2) is 15.3 Å². The van der Waals surface area contributed by atoms with Crippen LogP contribution in [0, 0.1) is 5.92 Å². The summed E-state index contributed by atoms with van der Waals surface area (Å²) in [5.41, 5.74) is 2.18. The maximum Gasteiger partial charge on any atom is 0.0840 e. The lowest BCUT2D eigenvalue weighted by atomic mass is 10.0. The molecule has 3 unspecified atom stereocenters. The van der Waals surface area contributed by atoms with Crippen LogP contribution in [0.15, 0.2) is 48.8 Å². The van der Waals surface area contributed by atoms with Crippen LogP contribution in [0.2, 0.25) is 0 Å². The van der Waals surface area contributed by atoms with E-state index in [9.17, 15) is 5.11 Å². The summed E-state index contributed by atoms with van der Waals surface area (Å²) in [6, 6.07) is 12.2. The maximum atomic E-state index is 10.2. The van der Waals surface area contributed by atoms with Crippen LogP contribution in [0.25, 0.3) is 0 Å². The summed E-state index contributed by atoms with van der Waals surface area (Å²) in [6.45, 7) is 0. The number of aromatic nitrogens is 2. The van der Waals surface area contributed by atoms with Gasteiger partial charge in [-0.2, -0.15) is 10.2 Å². The number of aliphatic hydroxyl groups excluding tert-OH is 1. The van der Waals surface area contributed by atoms with E-state index in [4.69, 9.17) is 0 Å². The third-order valence-electron chi connectivity index (χ3n) is 3.42. The summed E-state index contributed by atoms with van der Waals surface area (Å²) >= 11 is 0. The minimum atomic E-state index is -0.421. The molecule has 1 saturated carbocycles. The Kier molecular flexibility index (Phi) is 2.61. The van der Waals surface area contributed by atoms with E-state index < -0.39 is 6.10 Å². The topological polar surface area (TPSA) is 46.0 Å². The highest BCUT2D eigenvalue weighted by Gasteiger charge is 2.43. The van der Waals surface area contributed by atoms with Crippen LogP contribution in [0.3, 0.4) is 0 Å². The molecule has 0 saturated heterocycles. The van der Waals surface area contributed by atoms with Gasteiger partial charge >= 0.3 is 0 Å². The van der Waals surface area contributed by atoms with Crippen LogP contribution >= 0.6 is 0 Å².